The fourth-order valence-electron chi connectivity index (χ4n) is 4.29. The molecule has 1 aliphatic rings. The van der Waals surface area contributed by atoms with E-state index in [0.717, 1.165) is 0 Å². The molecule has 2 amide bonds. The van der Waals surface area contributed by atoms with Gasteiger partial charge in [0.05, 0.1) is 20.9 Å². The average Bonchev–Trinajstić information content (AvgIpc) is 3.33. The minimum atomic E-state index is -4.30. The van der Waals surface area contributed by atoms with Crippen LogP contribution >= 0.6 is 0 Å². The monoisotopic (exact) mass is 507 g/mol. The Balaban J connectivity index is 1.92. The number of rotatable bonds is 7. The number of anilines is 1. The van der Waals surface area contributed by atoms with Crippen molar-refractivity contribution in [1.82, 2.24) is 9.88 Å². The lowest BCUT2D eigenvalue weighted by Crippen LogP contribution is -2.22. The van der Waals surface area contributed by atoms with E-state index in [2.05, 4.69) is 10.3 Å². The number of aromatic nitrogens is 1. The van der Waals surface area contributed by atoms with Gasteiger partial charge in [0.2, 0.25) is 15.7 Å². The molecule has 186 valence electrons. The van der Waals surface area contributed by atoms with E-state index in [0.29, 0.717) is 28.1 Å². The minimum absolute atomic E-state index is 0.0202. The Hall–Kier alpha value is -4.18. The molecule has 2 heterocycles. The lowest BCUT2D eigenvalue weighted by molar-refractivity contribution is -0.128. The first-order valence-electron chi connectivity index (χ1n) is 11.1. The lowest BCUT2D eigenvalue weighted by Gasteiger charge is -2.13. The zero-order chi connectivity index (χ0) is 26.2. The number of nitrogens with one attached hydrogen (secondary N) is 2. The maximum atomic E-state index is 13.8. The first-order chi connectivity index (χ1) is 17.0. The number of benzene rings is 2. The average molecular weight is 508 g/mol. The molecule has 0 unspecified atom stereocenters. The van der Waals surface area contributed by atoms with Crippen molar-refractivity contribution in [2.24, 2.45) is 0 Å². The Bertz CT molecular complexity index is 1530. The fourth-order valence-corrected chi connectivity index (χ4v) is 6.20. The summed E-state index contributed by atoms with van der Waals surface area (Å²) >= 11 is 0. The smallest absolute Gasteiger partial charge is 0.337 e. The van der Waals surface area contributed by atoms with Gasteiger partial charge in [0.1, 0.15) is 0 Å². The van der Waals surface area contributed by atoms with E-state index in [-0.39, 0.29) is 45.7 Å². The van der Waals surface area contributed by atoms with Crippen LogP contribution < -0.4 is 5.32 Å². The van der Waals surface area contributed by atoms with Gasteiger partial charge in [-0.1, -0.05) is 30.3 Å². The van der Waals surface area contributed by atoms with Crippen LogP contribution in [0.2, 0.25) is 0 Å². The third-order valence-electron chi connectivity index (χ3n) is 6.02. The van der Waals surface area contributed by atoms with E-state index in [4.69, 9.17) is 0 Å². The van der Waals surface area contributed by atoms with Crippen LogP contribution in [0.25, 0.3) is 11.6 Å². The van der Waals surface area contributed by atoms with Gasteiger partial charge in [-0.15, -0.1) is 0 Å². The molecule has 0 spiro atoms. The number of carboxylic acids is 1. The lowest BCUT2D eigenvalue weighted by atomic mass is 10.0. The third-order valence-corrected chi connectivity index (χ3v) is 8.05. The topological polar surface area (TPSA) is 137 Å². The number of nitrogens with zero attached hydrogens (tertiary/aromatic N) is 1. The molecule has 3 N–H and O–H groups in total. The SMILES string of the molecule is Cc1[nH]c(C=C2C(=O)Nc3ccccc32)c(CCC(=O)N(C)C)c1S(=O)(=O)c1ccccc1C(=O)O. The highest BCUT2D eigenvalue weighted by Gasteiger charge is 2.32. The highest BCUT2D eigenvalue weighted by Crippen LogP contribution is 2.37. The van der Waals surface area contributed by atoms with E-state index < -0.39 is 15.8 Å². The summed E-state index contributed by atoms with van der Waals surface area (Å²) in [6, 6.07) is 12.5. The van der Waals surface area contributed by atoms with Gasteiger partial charge in [0, 0.05) is 43.2 Å². The molecular weight excluding hydrogens is 482 g/mol. The number of aryl methyl sites for hydroxylation is 1. The number of H-pyrrole nitrogens is 1. The van der Waals surface area contributed by atoms with Crippen molar-refractivity contribution < 1.29 is 27.9 Å². The minimum Gasteiger partial charge on any atom is -0.478 e. The zero-order valence-electron chi connectivity index (χ0n) is 20.0. The number of carbonyl (C=O) groups is 3. The molecule has 3 aromatic rings. The van der Waals surface area contributed by atoms with Crippen LogP contribution in [0.15, 0.2) is 58.3 Å². The Labute approximate surface area is 208 Å². The van der Waals surface area contributed by atoms with Crippen LogP contribution in [0.4, 0.5) is 5.69 Å². The summed E-state index contributed by atoms with van der Waals surface area (Å²) < 4.78 is 27.6. The van der Waals surface area contributed by atoms with E-state index in [1.807, 2.05) is 0 Å². The third kappa shape index (κ3) is 4.42. The first kappa shape index (κ1) is 24.9. The van der Waals surface area contributed by atoms with Gasteiger partial charge >= 0.3 is 5.97 Å². The van der Waals surface area contributed by atoms with E-state index in [9.17, 15) is 27.9 Å². The molecule has 0 aliphatic carbocycles. The molecule has 9 nitrogen and oxygen atoms in total. The highest BCUT2D eigenvalue weighted by atomic mass is 32.2. The first-order valence-corrected chi connectivity index (χ1v) is 12.6. The molecular formula is C26H25N3O6S. The number of hydrogen-bond donors (Lipinski definition) is 3. The second kappa shape index (κ2) is 9.46. The molecule has 2 aromatic carbocycles. The van der Waals surface area contributed by atoms with Crippen LogP contribution in [-0.4, -0.2) is 55.3 Å². The van der Waals surface area contributed by atoms with Gasteiger partial charge in [0.15, 0.2) is 0 Å². The predicted molar refractivity (Wildman–Crippen MR) is 134 cm³/mol. The van der Waals surface area contributed by atoms with E-state index in [1.54, 1.807) is 51.4 Å². The van der Waals surface area contributed by atoms with Crippen LogP contribution in [0, 0.1) is 6.92 Å². The Morgan fingerprint density at radius 3 is 2.42 bits per heavy atom. The Morgan fingerprint density at radius 1 is 1.06 bits per heavy atom. The zero-order valence-corrected chi connectivity index (χ0v) is 20.8. The predicted octanol–water partition coefficient (Wildman–Crippen LogP) is 3.37. The molecule has 4 rings (SSSR count). The number of fused-ring (bicyclic) bond motifs is 1. The van der Waals surface area contributed by atoms with Crippen molar-refractivity contribution in [3.63, 3.8) is 0 Å². The molecule has 0 atom stereocenters. The van der Waals surface area contributed by atoms with Crippen molar-refractivity contribution in [1.29, 1.82) is 0 Å². The second-order valence-corrected chi connectivity index (χ2v) is 10.5. The molecule has 10 heteroatoms. The van der Waals surface area contributed by atoms with Gasteiger partial charge in [-0.2, -0.15) is 0 Å². The highest BCUT2D eigenvalue weighted by molar-refractivity contribution is 7.91. The fraction of sp³-hybridized carbons (Fsp3) is 0.192. The molecule has 0 fully saturated rings. The second-order valence-electron chi connectivity index (χ2n) is 8.62. The van der Waals surface area contributed by atoms with Gasteiger partial charge in [-0.3, -0.25) is 9.59 Å². The maximum absolute atomic E-state index is 13.8. The summed E-state index contributed by atoms with van der Waals surface area (Å²) in [4.78, 5) is 40.9. The van der Waals surface area contributed by atoms with Crippen molar-refractivity contribution in [2.45, 2.75) is 29.6 Å². The largest absolute Gasteiger partial charge is 0.478 e. The van der Waals surface area contributed by atoms with Crippen LogP contribution in [0.5, 0.6) is 0 Å². The van der Waals surface area contributed by atoms with Crippen molar-refractivity contribution in [3.05, 3.63) is 76.6 Å². The van der Waals surface area contributed by atoms with E-state index in [1.165, 1.54) is 29.2 Å². The molecule has 1 aliphatic heterocycles. The number of carboxylic acid groups (broad SMARTS) is 1. The quantitative estimate of drug-likeness (QED) is 0.420. The maximum Gasteiger partial charge on any atom is 0.337 e. The van der Waals surface area contributed by atoms with Crippen molar-refractivity contribution >= 4 is 45.0 Å². The number of carbonyl (C=O) groups excluding carboxylic acids is 2. The number of hydrogen-bond acceptors (Lipinski definition) is 5. The molecule has 36 heavy (non-hydrogen) atoms. The van der Waals surface area contributed by atoms with Crippen LogP contribution in [0.1, 0.15) is 39.3 Å². The number of para-hydroxylation sites is 1. The van der Waals surface area contributed by atoms with Crippen LogP contribution in [-0.2, 0) is 25.8 Å². The summed E-state index contributed by atoms with van der Waals surface area (Å²) in [7, 11) is -1.09. The van der Waals surface area contributed by atoms with Gasteiger partial charge in [0.25, 0.3) is 5.91 Å². The van der Waals surface area contributed by atoms with Crippen molar-refractivity contribution in [2.75, 3.05) is 19.4 Å². The van der Waals surface area contributed by atoms with Gasteiger partial charge in [-0.25, -0.2) is 13.2 Å². The molecule has 0 bridgehead atoms. The molecule has 0 saturated carbocycles. The van der Waals surface area contributed by atoms with Crippen LogP contribution in [0.3, 0.4) is 0 Å². The Kier molecular flexibility index (Phi) is 6.55. The standard InChI is InChI=1S/C26H25N3O6S/c1-15-24(36(34,35)22-11-7-5-9-18(22)26(32)33)17(12-13-23(30)29(2)3)21(27-15)14-19-16-8-4-6-10-20(16)28-25(19)31/h4-11,14,27H,12-13H2,1-3H3,(H,28,31)(H,32,33). The summed E-state index contributed by atoms with van der Waals surface area (Å²) in [5.74, 6) is -1.90. The summed E-state index contributed by atoms with van der Waals surface area (Å²) in [5, 5.41) is 12.4. The van der Waals surface area contributed by atoms with Crippen molar-refractivity contribution in [3.8, 4) is 0 Å². The number of aromatic carboxylic acids is 1. The molecule has 0 radical (unpaired) electrons. The summed E-state index contributed by atoms with van der Waals surface area (Å²) in [6.45, 7) is 1.57. The summed E-state index contributed by atoms with van der Waals surface area (Å²) in [6.07, 6.45) is 1.66. The summed E-state index contributed by atoms with van der Waals surface area (Å²) in [5.41, 5.74) is 2.27. The Morgan fingerprint density at radius 2 is 1.72 bits per heavy atom. The molecule has 1 aromatic heterocycles. The molecule has 0 saturated heterocycles. The number of sulfone groups is 1. The van der Waals surface area contributed by atoms with Gasteiger partial charge in [-0.05, 0) is 43.2 Å². The normalized spacial score (nSPS) is 14.0. The van der Waals surface area contributed by atoms with Gasteiger partial charge < -0.3 is 20.3 Å². The number of amides is 2. The number of aromatic amines is 1. The van der Waals surface area contributed by atoms with E-state index >= 15 is 0 Å².